The number of halogens is 1. The minimum absolute atomic E-state index is 0.0210. The number of amides is 2. The third-order valence-corrected chi connectivity index (χ3v) is 4.24. The summed E-state index contributed by atoms with van der Waals surface area (Å²) in [6.45, 7) is 2.09. The van der Waals surface area contributed by atoms with Crippen molar-refractivity contribution in [3.63, 3.8) is 0 Å². The third-order valence-electron chi connectivity index (χ3n) is 3.98. The number of aryl methyl sites for hydroxylation is 1. The molecule has 3 rings (SSSR count). The topological polar surface area (TPSA) is 115 Å². The van der Waals surface area contributed by atoms with Crippen molar-refractivity contribution in [2.45, 2.75) is 20.0 Å². The van der Waals surface area contributed by atoms with E-state index in [9.17, 15) is 9.59 Å². The van der Waals surface area contributed by atoms with Gasteiger partial charge in [-0.25, -0.2) is 4.68 Å². The molecular weight excluding hydrogens is 380 g/mol. The maximum Gasteiger partial charge on any atom is 0.275 e. The summed E-state index contributed by atoms with van der Waals surface area (Å²) < 4.78 is 1.18. The van der Waals surface area contributed by atoms with Crippen molar-refractivity contribution >= 4 is 34.9 Å². The minimum Gasteiger partial charge on any atom is -0.382 e. The Morgan fingerprint density at radius 1 is 1.11 bits per heavy atom. The maximum atomic E-state index is 12.3. The summed E-state index contributed by atoms with van der Waals surface area (Å²) >= 11 is 5.84. The van der Waals surface area contributed by atoms with Crippen LogP contribution in [-0.2, 0) is 17.9 Å². The predicted molar refractivity (Wildman–Crippen MR) is 107 cm³/mol. The fraction of sp³-hybridized carbons (Fsp3) is 0.158. The van der Waals surface area contributed by atoms with E-state index >= 15 is 0 Å². The number of carbonyl (C=O) groups is 2. The van der Waals surface area contributed by atoms with E-state index in [0.29, 0.717) is 10.7 Å². The highest BCUT2D eigenvalue weighted by atomic mass is 35.5. The Labute approximate surface area is 166 Å². The van der Waals surface area contributed by atoms with Crippen LogP contribution in [0.3, 0.4) is 0 Å². The molecule has 28 heavy (non-hydrogen) atoms. The van der Waals surface area contributed by atoms with Crippen molar-refractivity contribution in [3.05, 3.63) is 70.4 Å². The van der Waals surface area contributed by atoms with Crippen molar-refractivity contribution in [3.8, 4) is 0 Å². The number of benzene rings is 2. The Bertz CT molecular complexity index is 983. The number of aromatic nitrogens is 3. The highest BCUT2D eigenvalue weighted by Crippen LogP contribution is 2.12. The summed E-state index contributed by atoms with van der Waals surface area (Å²) in [5.41, 5.74) is 8.53. The lowest BCUT2D eigenvalue weighted by atomic mass is 10.2. The van der Waals surface area contributed by atoms with Gasteiger partial charge in [0.05, 0.1) is 0 Å². The van der Waals surface area contributed by atoms with Gasteiger partial charge in [0, 0.05) is 17.3 Å². The van der Waals surface area contributed by atoms with Gasteiger partial charge in [0.25, 0.3) is 5.91 Å². The molecule has 0 atom stereocenters. The van der Waals surface area contributed by atoms with E-state index in [4.69, 9.17) is 17.3 Å². The van der Waals surface area contributed by atoms with E-state index in [1.165, 1.54) is 4.68 Å². The van der Waals surface area contributed by atoms with Crippen molar-refractivity contribution in [2.75, 3.05) is 11.1 Å². The minimum atomic E-state index is -0.474. The van der Waals surface area contributed by atoms with E-state index < -0.39 is 5.91 Å². The zero-order chi connectivity index (χ0) is 20.1. The number of nitrogens with two attached hydrogens (primary N) is 1. The highest BCUT2D eigenvalue weighted by Gasteiger charge is 2.18. The molecule has 0 aliphatic heterocycles. The second-order valence-electron chi connectivity index (χ2n) is 6.20. The molecule has 0 saturated carbocycles. The predicted octanol–water partition coefficient (Wildman–Crippen LogP) is 2.39. The van der Waals surface area contributed by atoms with Crippen molar-refractivity contribution in [1.29, 1.82) is 0 Å². The van der Waals surface area contributed by atoms with E-state index in [0.717, 1.165) is 11.1 Å². The zero-order valence-electron chi connectivity index (χ0n) is 15.1. The first kappa shape index (κ1) is 19.4. The average Bonchev–Trinajstić information content (AvgIpc) is 3.03. The maximum absolute atomic E-state index is 12.3. The molecule has 9 heteroatoms. The van der Waals surface area contributed by atoms with Crippen LogP contribution in [0.2, 0.25) is 5.02 Å². The Morgan fingerprint density at radius 2 is 1.79 bits per heavy atom. The van der Waals surface area contributed by atoms with Crippen molar-refractivity contribution < 1.29 is 9.59 Å². The summed E-state index contributed by atoms with van der Waals surface area (Å²) in [5, 5.41) is 13.7. The standard InChI is InChI=1S/C19H19ClN6O2/c1-12-2-8-15(9-3-12)23-16(27)11-26-18(21)17(24-25-26)19(28)22-10-13-4-6-14(20)7-5-13/h2-9H,10-11,21H2,1H3,(H,22,28)(H,23,27). The summed E-state index contributed by atoms with van der Waals surface area (Å²) in [5.74, 6) is -0.779. The molecule has 2 amide bonds. The van der Waals surface area contributed by atoms with Crippen molar-refractivity contribution in [1.82, 2.24) is 20.3 Å². The molecule has 0 fully saturated rings. The smallest absolute Gasteiger partial charge is 0.275 e. The molecule has 4 N–H and O–H groups in total. The zero-order valence-corrected chi connectivity index (χ0v) is 15.9. The van der Waals surface area contributed by atoms with Gasteiger partial charge in [0.15, 0.2) is 11.5 Å². The normalized spacial score (nSPS) is 10.5. The number of rotatable bonds is 6. The van der Waals surface area contributed by atoms with Gasteiger partial charge in [-0.05, 0) is 36.8 Å². The Morgan fingerprint density at radius 3 is 2.46 bits per heavy atom. The van der Waals surface area contributed by atoms with Gasteiger partial charge in [0.2, 0.25) is 5.91 Å². The summed E-state index contributed by atoms with van der Waals surface area (Å²) in [7, 11) is 0. The molecule has 0 saturated heterocycles. The lowest BCUT2D eigenvalue weighted by molar-refractivity contribution is -0.116. The number of nitrogens with zero attached hydrogens (tertiary/aromatic N) is 3. The van der Waals surface area contributed by atoms with E-state index in [1.807, 2.05) is 19.1 Å². The lowest BCUT2D eigenvalue weighted by Crippen LogP contribution is -2.25. The molecule has 0 spiro atoms. The van der Waals surface area contributed by atoms with Crippen LogP contribution in [0.15, 0.2) is 48.5 Å². The van der Waals surface area contributed by atoms with Crippen LogP contribution in [0.1, 0.15) is 21.6 Å². The van der Waals surface area contributed by atoms with E-state index in [-0.39, 0.29) is 30.5 Å². The average molecular weight is 399 g/mol. The molecule has 0 radical (unpaired) electrons. The highest BCUT2D eigenvalue weighted by molar-refractivity contribution is 6.30. The van der Waals surface area contributed by atoms with Crippen LogP contribution < -0.4 is 16.4 Å². The van der Waals surface area contributed by atoms with Crippen LogP contribution in [0.5, 0.6) is 0 Å². The molecule has 8 nitrogen and oxygen atoms in total. The second kappa shape index (κ2) is 8.53. The molecule has 0 bridgehead atoms. The summed E-state index contributed by atoms with van der Waals surface area (Å²) in [4.78, 5) is 24.5. The monoisotopic (exact) mass is 398 g/mol. The first-order chi connectivity index (χ1) is 13.4. The number of nitrogen functional groups attached to an aromatic ring is 1. The van der Waals surface area contributed by atoms with Gasteiger partial charge in [-0.1, -0.05) is 46.6 Å². The van der Waals surface area contributed by atoms with Crippen LogP contribution in [-0.4, -0.2) is 26.8 Å². The van der Waals surface area contributed by atoms with Crippen molar-refractivity contribution in [2.24, 2.45) is 0 Å². The Kier molecular flexibility index (Phi) is 5.90. The Balaban J connectivity index is 1.59. The first-order valence-corrected chi connectivity index (χ1v) is 8.88. The molecule has 1 heterocycles. The summed E-state index contributed by atoms with van der Waals surface area (Å²) in [6, 6.07) is 14.5. The molecule has 3 aromatic rings. The third kappa shape index (κ3) is 4.86. The largest absolute Gasteiger partial charge is 0.382 e. The Hall–Kier alpha value is -3.39. The molecule has 0 unspecified atom stereocenters. The van der Waals surface area contributed by atoms with Gasteiger partial charge in [-0.15, -0.1) is 5.10 Å². The van der Waals surface area contributed by atoms with Crippen LogP contribution in [0, 0.1) is 6.92 Å². The second-order valence-corrected chi connectivity index (χ2v) is 6.64. The van der Waals surface area contributed by atoms with Gasteiger partial charge in [-0.3, -0.25) is 9.59 Å². The number of carbonyl (C=O) groups excluding carboxylic acids is 2. The van der Waals surface area contributed by atoms with Crippen LogP contribution >= 0.6 is 11.6 Å². The number of anilines is 2. The first-order valence-electron chi connectivity index (χ1n) is 8.50. The van der Waals surface area contributed by atoms with E-state index in [2.05, 4.69) is 20.9 Å². The van der Waals surface area contributed by atoms with Crippen LogP contribution in [0.4, 0.5) is 11.5 Å². The van der Waals surface area contributed by atoms with Crippen LogP contribution in [0.25, 0.3) is 0 Å². The molecule has 144 valence electrons. The molecular formula is C19H19ClN6O2. The molecule has 2 aromatic carbocycles. The van der Waals surface area contributed by atoms with Gasteiger partial charge < -0.3 is 16.4 Å². The van der Waals surface area contributed by atoms with Gasteiger partial charge in [-0.2, -0.15) is 0 Å². The molecule has 1 aromatic heterocycles. The number of nitrogens with one attached hydrogen (secondary N) is 2. The quantitative estimate of drug-likeness (QED) is 0.589. The molecule has 0 aliphatic rings. The summed E-state index contributed by atoms with van der Waals surface area (Å²) in [6.07, 6.45) is 0. The fourth-order valence-electron chi connectivity index (χ4n) is 2.44. The van der Waals surface area contributed by atoms with Gasteiger partial charge in [0.1, 0.15) is 6.54 Å². The number of hydrogen-bond donors (Lipinski definition) is 3. The van der Waals surface area contributed by atoms with Gasteiger partial charge >= 0.3 is 0 Å². The van der Waals surface area contributed by atoms with E-state index in [1.54, 1.807) is 36.4 Å². The SMILES string of the molecule is Cc1ccc(NC(=O)Cn2nnc(C(=O)NCc3ccc(Cl)cc3)c2N)cc1. The number of hydrogen-bond acceptors (Lipinski definition) is 5. The molecule has 0 aliphatic carbocycles. The fourth-order valence-corrected chi connectivity index (χ4v) is 2.57. The lowest BCUT2D eigenvalue weighted by Gasteiger charge is -2.07.